The number of piperidine rings is 1. The average molecular weight is 526 g/mol. The van der Waals surface area contributed by atoms with E-state index in [0.717, 1.165) is 78.9 Å². The lowest BCUT2D eigenvalue weighted by Crippen LogP contribution is -2.38. The molecule has 5 rings (SSSR count). The van der Waals surface area contributed by atoms with Crippen LogP contribution in [0, 0.1) is 17.8 Å². The van der Waals surface area contributed by atoms with Gasteiger partial charge in [0.05, 0.1) is 11.0 Å². The molecule has 0 spiro atoms. The molecule has 7 nitrogen and oxygen atoms in total. The maximum Gasteiger partial charge on any atom is 0.137 e. The molecule has 7 heteroatoms. The minimum absolute atomic E-state index is 0.512. The topological polar surface area (TPSA) is 78.9 Å². The van der Waals surface area contributed by atoms with Gasteiger partial charge >= 0.3 is 0 Å². The van der Waals surface area contributed by atoms with Crippen LogP contribution in [0.3, 0.4) is 0 Å². The Hall–Kier alpha value is -3.48. The minimum atomic E-state index is 0.512. The molecular weight excluding hydrogens is 482 g/mol. The summed E-state index contributed by atoms with van der Waals surface area (Å²) in [7, 11) is 0. The average Bonchev–Trinajstić information content (AvgIpc) is 2.92. The van der Waals surface area contributed by atoms with Gasteiger partial charge in [0.25, 0.3) is 0 Å². The Balaban J connectivity index is 1.27. The van der Waals surface area contributed by atoms with Gasteiger partial charge in [-0.3, -0.25) is 0 Å². The van der Waals surface area contributed by atoms with Crippen LogP contribution in [0.25, 0.3) is 21.8 Å². The fraction of sp³-hybridized carbons (Fsp3) is 0.500. The highest BCUT2D eigenvalue weighted by molar-refractivity contribution is 5.91. The predicted octanol–water partition coefficient (Wildman–Crippen LogP) is 7.12. The maximum absolute atomic E-state index is 4.61. The van der Waals surface area contributed by atoms with Gasteiger partial charge in [0, 0.05) is 42.6 Å². The number of anilines is 3. The van der Waals surface area contributed by atoms with E-state index < -0.39 is 0 Å². The lowest BCUT2D eigenvalue weighted by molar-refractivity contribution is 0.384. The predicted molar refractivity (Wildman–Crippen MR) is 164 cm³/mol. The Morgan fingerprint density at radius 1 is 0.795 bits per heavy atom. The van der Waals surface area contributed by atoms with Crippen LogP contribution in [0.2, 0.25) is 0 Å². The quantitative estimate of drug-likeness (QED) is 0.228. The van der Waals surface area contributed by atoms with Crippen molar-refractivity contribution in [3.63, 3.8) is 0 Å². The second-order valence-corrected chi connectivity index (χ2v) is 12.0. The van der Waals surface area contributed by atoms with Crippen LogP contribution in [0.15, 0.2) is 49.1 Å². The standard InChI is InChI=1S/C32H43N7/c1-21(2)10-13-33-31-27-8-6-24(16-29(27)35-19-37-31)26-12-15-39(18-23(26)5)25-7-9-28-30(17-25)36-20-38-32(28)34-14-11-22(3)4/h6-9,16-17,19-23,26H,10-15,18H2,1-5H3,(H,33,35,37)(H,34,36,38). The number of aromatic nitrogens is 4. The summed E-state index contributed by atoms with van der Waals surface area (Å²) >= 11 is 0. The van der Waals surface area contributed by atoms with Crippen LogP contribution in [0.4, 0.5) is 17.3 Å². The molecule has 1 fully saturated rings. The van der Waals surface area contributed by atoms with Crippen LogP contribution >= 0.6 is 0 Å². The summed E-state index contributed by atoms with van der Waals surface area (Å²) < 4.78 is 0. The van der Waals surface area contributed by atoms with E-state index in [1.165, 1.54) is 11.3 Å². The molecule has 1 saturated heterocycles. The molecule has 1 aliphatic heterocycles. The lowest BCUT2D eigenvalue weighted by atomic mass is 9.81. The number of fused-ring (bicyclic) bond motifs is 2. The van der Waals surface area contributed by atoms with Crippen molar-refractivity contribution in [3.8, 4) is 0 Å². The molecule has 2 aromatic carbocycles. The molecule has 4 aromatic rings. The van der Waals surface area contributed by atoms with Gasteiger partial charge in [0.15, 0.2) is 0 Å². The summed E-state index contributed by atoms with van der Waals surface area (Å²) in [6.07, 6.45) is 6.72. The number of rotatable bonds is 10. The van der Waals surface area contributed by atoms with Crippen LogP contribution in [0.5, 0.6) is 0 Å². The van der Waals surface area contributed by atoms with Crippen molar-refractivity contribution >= 4 is 39.1 Å². The fourth-order valence-corrected chi connectivity index (χ4v) is 5.66. The van der Waals surface area contributed by atoms with E-state index in [0.29, 0.717) is 23.7 Å². The minimum Gasteiger partial charge on any atom is -0.371 e. The Morgan fingerprint density at radius 3 is 1.97 bits per heavy atom. The third-order valence-electron chi connectivity index (χ3n) is 8.01. The van der Waals surface area contributed by atoms with Gasteiger partial charge in [0.2, 0.25) is 0 Å². The van der Waals surface area contributed by atoms with Crippen molar-refractivity contribution in [2.24, 2.45) is 17.8 Å². The van der Waals surface area contributed by atoms with Gasteiger partial charge < -0.3 is 15.5 Å². The number of nitrogens with zero attached hydrogens (tertiary/aromatic N) is 5. The number of hydrogen-bond donors (Lipinski definition) is 2. The first-order chi connectivity index (χ1) is 18.9. The maximum atomic E-state index is 4.61. The molecule has 0 aliphatic carbocycles. The molecule has 206 valence electrons. The normalized spacial score (nSPS) is 17.9. The smallest absolute Gasteiger partial charge is 0.137 e. The summed E-state index contributed by atoms with van der Waals surface area (Å²) in [5, 5.41) is 9.20. The van der Waals surface area contributed by atoms with Gasteiger partial charge in [-0.25, -0.2) is 19.9 Å². The van der Waals surface area contributed by atoms with Crippen molar-refractivity contribution < 1.29 is 0 Å². The first-order valence-electron chi connectivity index (χ1n) is 14.6. The first-order valence-corrected chi connectivity index (χ1v) is 14.6. The van der Waals surface area contributed by atoms with Crippen molar-refractivity contribution in [2.45, 2.75) is 59.8 Å². The van der Waals surface area contributed by atoms with Crippen molar-refractivity contribution in [1.29, 1.82) is 0 Å². The second kappa shape index (κ2) is 12.1. The van der Waals surface area contributed by atoms with E-state index in [4.69, 9.17) is 0 Å². The third kappa shape index (κ3) is 6.40. The number of benzene rings is 2. The van der Waals surface area contributed by atoms with E-state index in [2.05, 4.69) is 106 Å². The highest BCUT2D eigenvalue weighted by atomic mass is 15.1. The molecule has 0 saturated carbocycles. The monoisotopic (exact) mass is 525 g/mol. The molecule has 3 heterocycles. The van der Waals surface area contributed by atoms with Crippen LogP contribution < -0.4 is 15.5 Å². The van der Waals surface area contributed by atoms with E-state index >= 15 is 0 Å². The summed E-state index contributed by atoms with van der Waals surface area (Å²) in [5.74, 6) is 4.24. The van der Waals surface area contributed by atoms with E-state index in [-0.39, 0.29) is 0 Å². The van der Waals surface area contributed by atoms with Crippen molar-refractivity contribution in [2.75, 3.05) is 41.7 Å². The Morgan fingerprint density at radius 2 is 1.38 bits per heavy atom. The zero-order valence-electron chi connectivity index (χ0n) is 24.1. The van der Waals surface area contributed by atoms with Gasteiger partial charge in [-0.15, -0.1) is 0 Å². The molecule has 2 N–H and O–H groups in total. The van der Waals surface area contributed by atoms with E-state index in [9.17, 15) is 0 Å². The highest BCUT2D eigenvalue weighted by Gasteiger charge is 2.28. The third-order valence-corrected chi connectivity index (χ3v) is 8.01. The summed E-state index contributed by atoms with van der Waals surface area (Å²) in [6.45, 7) is 15.2. The Bertz CT molecular complexity index is 1400. The second-order valence-electron chi connectivity index (χ2n) is 12.0. The molecule has 0 bridgehead atoms. The Kier molecular flexibility index (Phi) is 8.44. The molecule has 0 radical (unpaired) electrons. The van der Waals surface area contributed by atoms with Crippen LogP contribution in [-0.2, 0) is 0 Å². The molecule has 1 aliphatic rings. The van der Waals surface area contributed by atoms with Gasteiger partial charge in [0.1, 0.15) is 24.3 Å². The van der Waals surface area contributed by atoms with Crippen LogP contribution in [-0.4, -0.2) is 46.1 Å². The SMILES string of the molecule is CC(C)CCNc1ncnc2cc(C3CCN(c4ccc5c(NCCC(C)C)ncnc5c4)CC3C)ccc12. The van der Waals surface area contributed by atoms with Gasteiger partial charge in [-0.05, 0) is 78.8 Å². The summed E-state index contributed by atoms with van der Waals surface area (Å²) in [6, 6.07) is 13.4. The highest BCUT2D eigenvalue weighted by Crippen LogP contribution is 2.37. The molecule has 0 amide bonds. The molecule has 2 atom stereocenters. The van der Waals surface area contributed by atoms with Gasteiger partial charge in [-0.2, -0.15) is 0 Å². The lowest BCUT2D eigenvalue weighted by Gasteiger charge is -2.38. The van der Waals surface area contributed by atoms with Gasteiger partial charge in [-0.1, -0.05) is 40.7 Å². The summed E-state index contributed by atoms with van der Waals surface area (Å²) in [4.78, 5) is 20.7. The molecular formula is C32H43N7. The zero-order valence-corrected chi connectivity index (χ0v) is 24.1. The molecule has 2 unspecified atom stereocenters. The largest absolute Gasteiger partial charge is 0.371 e. The Labute approximate surface area is 232 Å². The van der Waals surface area contributed by atoms with E-state index in [1.54, 1.807) is 12.7 Å². The first kappa shape index (κ1) is 27.1. The summed E-state index contributed by atoms with van der Waals surface area (Å²) in [5.41, 5.74) is 4.64. The fourth-order valence-electron chi connectivity index (χ4n) is 5.66. The van der Waals surface area contributed by atoms with Crippen molar-refractivity contribution in [3.05, 3.63) is 54.6 Å². The number of hydrogen-bond acceptors (Lipinski definition) is 7. The molecule has 39 heavy (non-hydrogen) atoms. The van der Waals surface area contributed by atoms with Crippen LogP contribution in [0.1, 0.15) is 65.4 Å². The molecule has 2 aromatic heterocycles. The zero-order chi connectivity index (χ0) is 27.4. The van der Waals surface area contributed by atoms with E-state index in [1.807, 2.05) is 0 Å². The van der Waals surface area contributed by atoms with Crippen molar-refractivity contribution in [1.82, 2.24) is 19.9 Å². The number of nitrogens with one attached hydrogen (secondary N) is 2.